The second-order valence-corrected chi connectivity index (χ2v) is 19.2. The first-order chi connectivity index (χ1) is 16.1. The zero-order valence-electron chi connectivity index (χ0n) is 23.1. The quantitative estimate of drug-likeness (QED) is 0.0383. The summed E-state index contributed by atoms with van der Waals surface area (Å²) in [6.45, 7) is 4.54. The topological polar surface area (TPSA) is 0 Å². The van der Waals surface area contributed by atoms with Crippen LogP contribution in [0.25, 0.3) is 0 Å². The standard InChI is InChI=1S/C30H62BrClSi/c1-33(2,32)30-28-26-24-22-20-18-16-14-12-10-8-6-4-3-5-7-9-11-13-15-17-19-21-23-25-27-29-31/h3-30H2,1-2H3. The molecule has 0 aliphatic carbocycles. The Morgan fingerprint density at radius 1 is 0.364 bits per heavy atom. The molecule has 0 saturated heterocycles. The van der Waals surface area contributed by atoms with Gasteiger partial charge >= 0.3 is 0 Å². The maximum atomic E-state index is 6.38. The normalized spacial score (nSPS) is 12.0. The third kappa shape index (κ3) is 33.0. The van der Waals surface area contributed by atoms with Crippen LogP contribution in [0, 0.1) is 0 Å². The van der Waals surface area contributed by atoms with E-state index in [1.54, 1.807) is 0 Å². The summed E-state index contributed by atoms with van der Waals surface area (Å²) in [6.07, 6.45) is 37.9. The zero-order chi connectivity index (χ0) is 24.3. The van der Waals surface area contributed by atoms with Crippen molar-refractivity contribution in [2.75, 3.05) is 5.33 Å². The number of alkyl halides is 1. The summed E-state index contributed by atoms with van der Waals surface area (Å²) in [5, 5.41) is 1.18. The van der Waals surface area contributed by atoms with Crippen LogP contribution in [-0.4, -0.2) is 12.7 Å². The van der Waals surface area contributed by atoms with Gasteiger partial charge in [0.15, 0.2) is 0 Å². The minimum Gasteiger partial charge on any atom is -0.168 e. The van der Waals surface area contributed by atoms with Crippen molar-refractivity contribution in [2.24, 2.45) is 0 Å². The molecule has 200 valence electrons. The minimum absolute atomic E-state index is 1.18. The van der Waals surface area contributed by atoms with E-state index in [4.69, 9.17) is 11.1 Å². The number of unbranched alkanes of at least 4 members (excludes halogenated alkanes) is 25. The highest BCUT2D eigenvalue weighted by molar-refractivity contribution is 9.09. The number of halogens is 2. The van der Waals surface area contributed by atoms with E-state index in [1.807, 2.05) is 0 Å². The lowest BCUT2D eigenvalue weighted by atomic mass is 10.0. The fraction of sp³-hybridized carbons (Fsp3) is 1.00. The molecule has 0 nitrogen and oxygen atoms in total. The largest absolute Gasteiger partial charge is 0.168 e. The Bertz CT molecular complexity index is 356. The molecule has 0 bridgehead atoms. The Morgan fingerprint density at radius 2 is 0.545 bits per heavy atom. The summed E-state index contributed by atoms with van der Waals surface area (Å²) >= 11 is 9.90. The highest BCUT2D eigenvalue weighted by atomic mass is 79.9. The Labute approximate surface area is 225 Å². The Morgan fingerprint density at radius 3 is 0.727 bits per heavy atom. The van der Waals surface area contributed by atoms with Gasteiger partial charge < -0.3 is 0 Å². The molecule has 0 amide bonds. The molecule has 0 rings (SSSR count). The lowest BCUT2D eigenvalue weighted by Crippen LogP contribution is -2.14. The van der Waals surface area contributed by atoms with Gasteiger partial charge in [0.25, 0.3) is 0 Å². The van der Waals surface area contributed by atoms with Crippen LogP contribution in [0.3, 0.4) is 0 Å². The fourth-order valence-electron chi connectivity index (χ4n) is 4.88. The first-order valence-corrected chi connectivity index (χ1v) is 20.7. The van der Waals surface area contributed by atoms with Crippen molar-refractivity contribution in [1.82, 2.24) is 0 Å². The third-order valence-electron chi connectivity index (χ3n) is 7.15. The average Bonchev–Trinajstić information content (AvgIpc) is 2.78. The van der Waals surface area contributed by atoms with Crippen molar-refractivity contribution in [2.45, 2.75) is 186 Å². The fourth-order valence-corrected chi connectivity index (χ4v) is 6.77. The van der Waals surface area contributed by atoms with Crippen molar-refractivity contribution in [1.29, 1.82) is 0 Å². The smallest absolute Gasteiger partial charge is 0.150 e. The summed E-state index contributed by atoms with van der Waals surface area (Å²) in [5.74, 6) is 0. The third-order valence-corrected chi connectivity index (χ3v) is 9.83. The summed E-state index contributed by atoms with van der Waals surface area (Å²) in [4.78, 5) is 0. The van der Waals surface area contributed by atoms with E-state index >= 15 is 0 Å². The molecule has 0 aromatic rings. The van der Waals surface area contributed by atoms with Crippen molar-refractivity contribution in [3.63, 3.8) is 0 Å². The van der Waals surface area contributed by atoms with Crippen LogP contribution in [0.15, 0.2) is 0 Å². The molecule has 0 fully saturated rings. The van der Waals surface area contributed by atoms with Crippen LogP contribution in [-0.2, 0) is 0 Å². The molecular formula is C30H62BrClSi. The number of rotatable bonds is 28. The van der Waals surface area contributed by atoms with Gasteiger partial charge in [-0.15, -0.1) is 0 Å². The van der Waals surface area contributed by atoms with Gasteiger partial charge in [-0.3, -0.25) is 0 Å². The molecule has 0 aliphatic heterocycles. The summed E-state index contributed by atoms with van der Waals surface area (Å²) < 4.78 is 0. The predicted octanol–water partition coefficient (Wildman–Crippen LogP) is 13.0. The highest BCUT2D eigenvalue weighted by Gasteiger charge is 2.15. The van der Waals surface area contributed by atoms with Gasteiger partial charge in [-0.2, -0.15) is 11.1 Å². The van der Waals surface area contributed by atoms with Crippen LogP contribution in [0.5, 0.6) is 0 Å². The maximum absolute atomic E-state index is 6.38. The van der Waals surface area contributed by atoms with E-state index in [0.717, 1.165) is 0 Å². The van der Waals surface area contributed by atoms with Gasteiger partial charge in [-0.1, -0.05) is 190 Å². The molecule has 0 radical (unpaired) electrons. The molecule has 0 heterocycles. The van der Waals surface area contributed by atoms with Gasteiger partial charge in [-0.05, 0) is 12.5 Å². The van der Waals surface area contributed by atoms with Gasteiger partial charge in [0.05, 0.1) is 0 Å². The van der Waals surface area contributed by atoms with E-state index in [9.17, 15) is 0 Å². The van der Waals surface area contributed by atoms with Crippen LogP contribution in [0.4, 0.5) is 0 Å². The van der Waals surface area contributed by atoms with Gasteiger partial charge in [0.2, 0.25) is 0 Å². The van der Waals surface area contributed by atoms with Crippen LogP contribution >= 0.6 is 27.0 Å². The average molecular weight is 566 g/mol. The van der Waals surface area contributed by atoms with E-state index in [2.05, 4.69) is 29.0 Å². The molecule has 3 heteroatoms. The van der Waals surface area contributed by atoms with Crippen molar-refractivity contribution in [3.8, 4) is 0 Å². The number of hydrogen-bond donors (Lipinski definition) is 0. The first kappa shape index (κ1) is 34.0. The second kappa shape index (κ2) is 27.6. The van der Waals surface area contributed by atoms with Crippen LogP contribution in [0.1, 0.15) is 167 Å². The molecule has 0 unspecified atom stereocenters. The van der Waals surface area contributed by atoms with Gasteiger partial charge in [0, 0.05) is 5.33 Å². The maximum Gasteiger partial charge on any atom is 0.150 e. The molecule has 0 spiro atoms. The molecular weight excluding hydrogens is 504 g/mol. The Hall–Kier alpha value is 0.987. The minimum atomic E-state index is -1.31. The summed E-state index contributed by atoms with van der Waals surface area (Å²) in [6, 6.07) is 1.30. The molecule has 33 heavy (non-hydrogen) atoms. The molecule has 0 atom stereocenters. The second-order valence-electron chi connectivity index (χ2n) is 11.4. The van der Waals surface area contributed by atoms with Gasteiger partial charge in [-0.25, -0.2) is 0 Å². The Kier molecular flexibility index (Phi) is 28.4. The summed E-state index contributed by atoms with van der Waals surface area (Å²) in [7, 11) is -1.31. The summed E-state index contributed by atoms with van der Waals surface area (Å²) in [5.41, 5.74) is 0. The lowest BCUT2D eigenvalue weighted by Gasteiger charge is -2.11. The Balaban J connectivity index is 3.03. The van der Waals surface area contributed by atoms with E-state index in [-0.39, 0.29) is 0 Å². The van der Waals surface area contributed by atoms with Crippen LogP contribution in [0.2, 0.25) is 19.1 Å². The number of hydrogen-bond acceptors (Lipinski definition) is 0. The molecule has 0 N–H and O–H groups in total. The van der Waals surface area contributed by atoms with Crippen LogP contribution < -0.4 is 0 Å². The van der Waals surface area contributed by atoms with E-state index in [1.165, 1.54) is 178 Å². The SMILES string of the molecule is C[Si](C)(Cl)CCCCCCCCCCCCCCCCCCCCCCCCCCCCBr. The van der Waals surface area contributed by atoms with Crippen molar-refractivity contribution in [3.05, 3.63) is 0 Å². The predicted molar refractivity (Wildman–Crippen MR) is 162 cm³/mol. The van der Waals surface area contributed by atoms with Gasteiger partial charge in [0.1, 0.15) is 7.38 Å². The highest BCUT2D eigenvalue weighted by Crippen LogP contribution is 2.20. The van der Waals surface area contributed by atoms with Crippen molar-refractivity contribution >= 4 is 34.4 Å². The monoisotopic (exact) mass is 564 g/mol. The molecule has 0 aromatic carbocycles. The molecule has 0 aliphatic rings. The first-order valence-electron chi connectivity index (χ1n) is 15.3. The molecule has 0 saturated carbocycles. The zero-order valence-corrected chi connectivity index (χ0v) is 26.4. The lowest BCUT2D eigenvalue weighted by molar-refractivity contribution is 0.516. The van der Waals surface area contributed by atoms with Crippen molar-refractivity contribution < 1.29 is 0 Å². The molecule has 0 aromatic heterocycles. The van der Waals surface area contributed by atoms with E-state index in [0.29, 0.717) is 0 Å². The van der Waals surface area contributed by atoms with E-state index < -0.39 is 7.38 Å².